The van der Waals surface area contributed by atoms with E-state index in [-0.39, 0.29) is 18.9 Å². The van der Waals surface area contributed by atoms with Crippen LogP contribution >= 0.6 is 0 Å². The molecule has 0 radical (unpaired) electrons. The summed E-state index contributed by atoms with van der Waals surface area (Å²) in [6.07, 6.45) is 20.7. The molecule has 1 amide bonds. The summed E-state index contributed by atoms with van der Waals surface area (Å²) >= 11 is 0. The molecular formula is C48H89NO13. The number of carbonyl (C=O) groups is 1. The number of unbranched alkanes of at least 4 members (excludes halogenated alkanes) is 22. The molecule has 0 aromatic carbocycles. The summed E-state index contributed by atoms with van der Waals surface area (Å²) in [5.41, 5.74) is 0. The first kappa shape index (κ1) is 56.6. The predicted octanol–water partition coefficient (Wildman–Crippen LogP) is 5.77. The molecule has 0 aromatic rings. The highest BCUT2D eigenvalue weighted by molar-refractivity contribution is 5.76. The van der Waals surface area contributed by atoms with Gasteiger partial charge in [0.15, 0.2) is 12.6 Å². The van der Waals surface area contributed by atoms with Crippen molar-refractivity contribution in [3.05, 3.63) is 24.3 Å². The molecular weight excluding hydrogens is 799 g/mol. The zero-order valence-electron chi connectivity index (χ0n) is 38.4. The normalized spacial score (nSPS) is 27.9. The first-order valence-corrected chi connectivity index (χ1v) is 24.6. The molecule has 4 unspecified atom stereocenters. The van der Waals surface area contributed by atoms with Crippen LogP contribution in [0.4, 0.5) is 0 Å². The molecule has 2 aliphatic heterocycles. The lowest BCUT2D eigenvalue weighted by Gasteiger charge is -2.46. The zero-order chi connectivity index (χ0) is 45.4. The lowest BCUT2D eigenvalue weighted by Crippen LogP contribution is -2.65. The summed E-state index contributed by atoms with van der Waals surface area (Å²) in [6, 6.07) is -0.914. The van der Waals surface area contributed by atoms with Gasteiger partial charge in [0.25, 0.3) is 0 Å². The highest BCUT2D eigenvalue weighted by Crippen LogP contribution is 2.30. The first-order valence-electron chi connectivity index (χ1n) is 24.6. The van der Waals surface area contributed by atoms with Gasteiger partial charge in [0.05, 0.1) is 32.0 Å². The Bertz CT molecular complexity index is 1140. The number of aliphatic hydroxyl groups is 8. The standard InChI is InChI=1S/C48H89NO13/c1-3-5-7-9-11-13-15-17-18-20-22-24-26-28-30-32-40(53)49-36(37(52)31-29-27-25-23-21-19-16-14-12-10-8-6-4-2)35-59-47-45(58)43(56)46(39(34-51)61-47)62-48-44(57)42(55)41(54)38(33-50)60-48/h17-18,29,31,36-39,41-48,50-52,54-58H,3-16,19-28,30,32-35H2,1-2H3,(H,49,53)/b18-17-,31-29+/t36-,37+,38?,39?,41-,42?,43+,44-,45?,46+,47+,48-/m0/s1. The number of hydrogen-bond acceptors (Lipinski definition) is 13. The number of amides is 1. The van der Waals surface area contributed by atoms with E-state index in [1.54, 1.807) is 6.08 Å². The summed E-state index contributed by atoms with van der Waals surface area (Å²) in [5.74, 6) is -0.250. The number of allylic oxidation sites excluding steroid dienone is 3. The van der Waals surface area contributed by atoms with Crippen molar-refractivity contribution >= 4 is 5.91 Å². The van der Waals surface area contributed by atoms with E-state index in [4.69, 9.17) is 18.9 Å². The van der Waals surface area contributed by atoms with E-state index in [0.29, 0.717) is 6.42 Å². The van der Waals surface area contributed by atoms with E-state index in [0.717, 1.165) is 57.8 Å². The molecule has 0 bridgehead atoms. The maximum atomic E-state index is 13.1. The van der Waals surface area contributed by atoms with Gasteiger partial charge in [-0.1, -0.05) is 154 Å². The molecule has 2 saturated heterocycles. The second kappa shape index (κ2) is 35.7. The smallest absolute Gasteiger partial charge is 0.220 e. The molecule has 9 N–H and O–H groups in total. The third kappa shape index (κ3) is 23.1. The molecule has 62 heavy (non-hydrogen) atoms. The fourth-order valence-electron chi connectivity index (χ4n) is 8.05. The Kier molecular flexibility index (Phi) is 32.6. The minimum Gasteiger partial charge on any atom is -0.394 e. The molecule has 2 aliphatic rings. The number of aliphatic hydroxyl groups excluding tert-OH is 8. The van der Waals surface area contributed by atoms with E-state index in [1.807, 2.05) is 6.08 Å². The second-order valence-electron chi connectivity index (χ2n) is 17.6. The number of rotatable bonds is 37. The van der Waals surface area contributed by atoms with E-state index >= 15 is 0 Å². The van der Waals surface area contributed by atoms with Crippen molar-refractivity contribution in [2.45, 2.75) is 254 Å². The lowest BCUT2D eigenvalue weighted by atomic mass is 9.97. The van der Waals surface area contributed by atoms with Crippen molar-refractivity contribution in [2.24, 2.45) is 0 Å². The van der Waals surface area contributed by atoms with Crippen LogP contribution in [0.15, 0.2) is 24.3 Å². The molecule has 12 atom stereocenters. The van der Waals surface area contributed by atoms with Crippen molar-refractivity contribution < 1.29 is 64.6 Å². The van der Waals surface area contributed by atoms with Crippen molar-refractivity contribution in [3.8, 4) is 0 Å². The van der Waals surface area contributed by atoms with Crippen LogP contribution in [0.5, 0.6) is 0 Å². The van der Waals surface area contributed by atoms with Crippen molar-refractivity contribution in [2.75, 3.05) is 19.8 Å². The first-order chi connectivity index (χ1) is 30.1. The number of hydrogen-bond donors (Lipinski definition) is 9. The maximum absolute atomic E-state index is 13.1. The zero-order valence-corrected chi connectivity index (χ0v) is 38.4. The summed E-state index contributed by atoms with van der Waals surface area (Å²) < 4.78 is 22.6. The lowest BCUT2D eigenvalue weighted by molar-refractivity contribution is -0.359. The average molecular weight is 888 g/mol. The summed E-state index contributed by atoms with van der Waals surface area (Å²) in [7, 11) is 0. The fourth-order valence-corrected chi connectivity index (χ4v) is 8.05. The van der Waals surface area contributed by atoms with Crippen LogP contribution in [-0.4, -0.2) is 140 Å². The van der Waals surface area contributed by atoms with E-state index < -0.39 is 86.8 Å². The van der Waals surface area contributed by atoms with Gasteiger partial charge in [-0.3, -0.25) is 4.79 Å². The van der Waals surface area contributed by atoms with Gasteiger partial charge < -0.3 is 65.1 Å². The molecule has 2 heterocycles. The van der Waals surface area contributed by atoms with Crippen molar-refractivity contribution in [1.29, 1.82) is 0 Å². The molecule has 14 nitrogen and oxygen atoms in total. The molecule has 364 valence electrons. The quantitative estimate of drug-likeness (QED) is 0.0267. The van der Waals surface area contributed by atoms with Crippen LogP contribution in [0.1, 0.15) is 181 Å². The van der Waals surface area contributed by atoms with Gasteiger partial charge in [0, 0.05) is 6.42 Å². The largest absolute Gasteiger partial charge is 0.394 e. The van der Waals surface area contributed by atoms with Gasteiger partial charge in [0.1, 0.15) is 48.8 Å². The molecule has 0 saturated carbocycles. The topological polar surface area (TPSA) is 228 Å². The van der Waals surface area contributed by atoms with Crippen LogP contribution in [0, 0.1) is 0 Å². The highest BCUT2D eigenvalue weighted by atomic mass is 16.7. The number of ether oxygens (including phenoxy) is 4. The minimum atomic E-state index is -1.79. The monoisotopic (exact) mass is 888 g/mol. The van der Waals surface area contributed by atoms with Gasteiger partial charge in [-0.15, -0.1) is 0 Å². The van der Waals surface area contributed by atoms with Gasteiger partial charge in [-0.05, 0) is 44.9 Å². The van der Waals surface area contributed by atoms with E-state index in [2.05, 4.69) is 31.3 Å². The molecule has 0 spiro atoms. The van der Waals surface area contributed by atoms with Crippen LogP contribution in [0.2, 0.25) is 0 Å². The predicted molar refractivity (Wildman–Crippen MR) is 240 cm³/mol. The van der Waals surface area contributed by atoms with Crippen LogP contribution in [0.3, 0.4) is 0 Å². The summed E-state index contributed by atoms with van der Waals surface area (Å²) in [6.45, 7) is 2.76. The van der Waals surface area contributed by atoms with Crippen LogP contribution in [-0.2, 0) is 23.7 Å². The van der Waals surface area contributed by atoms with Crippen LogP contribution < -0.4 is 5.32 Å². The van der Waals surface area contributed by atoms with Crippen LogP contribution in [0.25, 0.3) is 0 Å². The second-order valence-corrected chi connectivity index (χ2v) is 17.6. The molecule has 2 fully saturated rings. The Morgan fingerprint density at radius 3 is 1.53 bits per heavy atom. The highest BCUT2D eigenvalue weighted by Gasteiger charge is 2.51. The summed E-state index contributed by atoms with van der Waals surface area (Å²) in [5, 5.41) is 86.6. The Balaban J connectivity index is 1.88. The third-order valence-electron chi connectivity index (χ3n) is 12.1. The Hall–Kier alpha value is -1.53. The maximum Gasteiger partial charge on any atom is 0.220 e. The molecule has 0 aliphatic carbocycles. The van der Waals surface area contributed by atoms with Gasteiger partial charge in [0.2, 0.25) is 5.91 Å². The third-order valence-corrected chi connectivity index (χ3v) is 12.1. The Labute approximate surface area is 373 Å². The van der Waals surface area contributed by atoms with Gasteiger partial charge >= 0.3 is 0 Å². The average Bonchev–Trinajstić information content (AvgIpc) is 3.27. The SMILES string of the molecule is CCCCCCCC/C=C\CCCCCCCC(=O)N[C@@H](CO[C@@H]1OC(CO)[C@@H](O[C@@H]2OC(CO)[C@H](O)C(O)[C@@H]2O)[C@H](O)C1O)[C@H](O)/C=C/CCCCCCCCCCCCC. The van der Waals surface area contributed by atoms with Crippen molar-refractivity contribution in [3.63, 3.8) is 0 Å². The van der Waals surface area contributed by atoms with Gasteiger partial charge in [-0.25, -0.2) is 0 Å². The van der Waals surface area contributed by atoms with E-state index in [1.165, 1.54) is 96.3 Å². The van der Waals surface area contributed by atoms with Gasteiger partial charge in [-0.2, -0.15) is 0 Å². The summed E-state index contributed by atoms with van der Waals surface area (Å²) in [4.78, 5) is 13.1. The number of nitrogens with one attached hydrogen (secondary N) is 1. The Morgan fingerprint density at radius 1 is 0.565 bits per heavy atom. The van der Waals surface area contributed by atoms with E-state index in [9.17, 15) is 45.6 Å². The minimum absolute atomic E-state index is 0.250. The molecule has 2 rings (SSSR count). The molecule has 14 heteroatoms. The molecule has 0 aromatic heterocycles. The fraction of sp³-hybridized carbons (Fsp3) is 0.896. The van der Waals surface area contributed by atoms with Crippen molar-refractivity contribution in [1.82, 2.24) is 5.32 Å². The number of carbonyl (C=O) groups excluding carboxylic acids is 1. The Morgan fingerprint density at radius 2 is 1.02 bits per heavy atom.